The van der Waals surface area contributed by atoms with Gasteiger partial charge in [-0.05, 0) is 31.9 Å². The van der Waals surface area contributed by atoms with Crippen molar-refractivity contribution < 1.29 is 4.79 Å². The van der Waals surface area contributed by atoms with Crippen LogP contribution in [0.1, 0.15) is 40.1 Å². The van der Waals surface area contributed by atoms with Crippen molar-refractivity contribution in [3.63, 3.8) is 0 Å². The van der Waals surface area contributed by atoms with E-state index in [1.54, 1.807) is 30.5 Å². The zero-order valence-corrected chi connectivity index (χ0v) is 16.9. The van der Waals surface area contributed by atoms with Crippen molar-refractivity contribution >= 4 is 23.0 Å². The molecule has 0 spiro atoms. The van der Waals surface area contributed by atoms with Crippen molar-refractivity contribution in [3.8, 4) is 5.00 Å². The summed E-state index contributed by atoms with van der Waals surface area (Å²) in [6, 6.07) is -0.436. The highest BCUT2D eigenvalue weighted by Crippen LogP contribution is 2.39. The average molecular weight is 382 g/mol. The molecule has 0 radical (unpaired) electrons. The van der Waals surface area contributed by atoms with E-state index in [1.165, 1.54) is 4.88 Å². The Hall–Kier alpha value is -2.80. The Morgan fingerprint density at radius 3 is 2.67 bits per heavy atom. The minimum Gasteiger partial charge on any atom is -0.359 e. The topological polar surface area (TPSA) is 72.2 Å². The third kappa shape index (κ3) is 3.19. The minimum atomic E-state index is -0.436. The van der Waals surface area contributed by atoms with Gasteiger partial charge in [-0.15, -0.1) is 21.5 Å². The highest BCUT2D eigenvalue weighted by atomic mass is 32.1. The first-order valence-electron chi connectivity index (χ1n) is 8.69. The van der Waals surface area contributed by atoms with Crippen LogP contribution in [0.5, 0.6) is 0 Å². The maximum Gasteiger partial charge on any atom is 0.222 e. The second-order valence-electron chi connectivity index (χ2n) is 6.34. The summed E-state index contributed by atoms with van der Waals surface area (Å²) in [6.07, 6.45) is 5.58. The molecule has 1 N–H and O–H groups in total. The van der Waals surface area contributed by atoms with Gasteiger partial charge in [0.2, 0.25) is 5.91 Å². The summed E-state index contributed by atoms with van der Waals surface area (Å²) >= 11 is 1.68. The van der Waals surface area contributed by atoms with E-state index in [-0.39, 0.29) is 12.3 Å². The van der Waals surface area contributed by atoms with E-state index in [1.807, 2.05) is 17.6 Å². The monoisotopic (exact) mass is 381 g/mol. The van der Waals surface area contributed by atoms with Gasteiger partial charge in [-0.1, -0.05) is 31.4 Å². The number of hydrogen-bond acceptors (Lipinski definition) is 5. The summed E-state index contributed by atoms with van der Waals surface area (Å²) < 4.78 is 2.03. The molecule has 3 heterocycles. The Morgan fingerprint density at radius 1 is 1.30 bits per heavy atom. The lowest BCUT2D eigenvalue weighted by Gasteiger charge is -2.12. The van der Waals surface area contributed by atoms with Crippen molar-refractivity contribution in [2.75, 3.05) is 7.05 Å². The van der Waals surface area contributed by atoms with Crippen LogP contribution in [0.3, 0.4) is 0 Å². The lowest BCUT2D eigenvalue weighted by molar-refractivity contribution is -0.121. The number of hydrogen-bond donors (Lipinski definition) is 1. The van der Waals surface area contributed by atoms with Crippen LogP contribution >= 0.6 is 11.3 Å². The predicted octanol–water partition coefficient (Wildman–Crippen LogP) is 3.53. The van der Waals surface area contributed by atoms with Crippen LogP contribution in [-0.4, -0.2) is 33.4 Å². The largest absolute Gasteiger partial charge is 0.359 e. The first kappa shape index (κ1) is 19.0. The SMILES string of the molecule is C=C/C=C(\C=C)C1=N[C@@H](CC(=O)NC)c2nnc(C)n2-c2sc(C)c(C)c21. The molecule has 2 aromatic rings. The molecule has 140 valence electrons. The lowest BCUT2D eigenvalue weighted by atomic mass is 9.99. The number of aliphatic imine (C=N–C) groups is 1. The highest BCUT2D eigenvalue weighted by molar-refractivity contribution is 7.15. The molecular formula is C20H23N5OS. The van der Waals surface area contributed by atoms with E-state index in [4.69, 9.17) is 4.99 Å². The number of aryl methyl sites for hydroxylation is 2. The van der Waals surface area contributed by atoms with Crippen LogP contribution in [0.2, 0.25) is 0 Å². The number of aromatic nitrogens is 3. The van der Waals surface area contributed by atoms with Crippen molar-refractivity contribution in [2.45, 2.75) is 33.2 Å². The van der Waals surface area contributed by atoms with Gasteiger partial charge in [0.05, 0.1) is 12.1 Å². The standard InChI is InChI=1S/C20H23N5OS/c1-7-9-14(8-2)18-17-11(3)12(4)27-20(17)25-13(5)23-24-19(25)15(22-18)10-16(26)21-6/h7-9,15H,1-2,10H2,3-6H3,(H,21,26)/b14-9+/t15-/m0/s1. The number of nitrogens with zero attached hydrogens (tertiary/aromatic N) is 4. The van der Waals surface area contributed by atoms with Gasteiger partial charge in [0.25, 0.3) is 0 Å². The summed E-state index contributed by atoms with van der Waals surface area (Å²) in [6.45, 7) is 13.9. The Bertz CT molecular complexity index is 992. The molecule has 1 aliphatic rings. The molecule has 2 aromatic heterocycles. The van der Waals surface area contributed by atoms with E-state index in [9.17, 15) is 4.79 Å². The van der Waals surface area contributed by atoms with E-state index in [0.29, 0.717) is 5.82 Å². The molecule has 7 heteroatoms. The summed E-state index contributed by atoms with van der Waals surface area (Å²) in [5.74, 6) is 1.36. The van der Waals surface area contributed by atoms with Gasteiger partial charge in [0.1, 0.15) is 16.9 Å². The fourth-order valence-corrected chi connectivity index (χ4v) is 4.39. The van der Waals surface area contributed by atoms with Crippen molar-refractivity contribution in [1.82, 2.24) is 20.1 Å². The van der Waals surface area contributed by atoms with Crippen LogP contribution in [0.25, 0.3) is 5.00 Å². The first-order chi connectivity index (χ1) is 12.9. The van der Waals surface area contributed by atoms with E-state index < -0.39 is 6.04 Å². The molecule has 1 aliphatic heterocycles. The van der Waals surface area contributed by atoms with Crippen LogP contribution in [0.4, 0.5) is 0 Å². The zero-order chi connectivity index (χ0) is 19.7. The highest BCUT2D eigenvalue weighted by Gasteiger charge is 2.32. The minimum absolute atomic E-state index is 0.0960. The van der Waals surface area contributed by atoms with Gasteiger partial charge >= 0.3 is 0 Å². The number of thiophene rings is 1. The molecule has 3 rings (SSSR count). The van der Waals surface area contributed by atoms with E-state index in [0.717, 1.165) is 33.2 Å². The number of fused-ring (bicyclic) bond motifs is 3. The average Bonchev–Trinajstić information content (AvgIpc) is 3.12. The number of carbonyl (C=O) groups is 1. The predicted molar refractivity (Wildman–Crippen MR) is 110 cm³/mol. The number of carbonyl (C=O) groups excluding carboxylic acids is 1. The molecule has 0 saturated heterocycles. The van der Waals surface area contributed by atoms with Gasteiger partial charge in [-0.2, -0.15) is 0 Å². The Labute approximate surface area is 163 Å². The van der Waals surface area contributed by atoms with Gasteiger partial charge in [0.15, 0.2) is 5.82 Å². The van der Waals surface area contributed by atoms with Crippen LogP contribution < -0.4 is 5.32 Å². The fraction of sp³-hybridized carbons (Fsp3) is 0.300. The maximum absolute atomic E-state index is 12.1. The lowest BCUT2D eigenvalue weighted by Crippen LogP contribution is -2.21. The second kappa shape index (κ2) is 7.44. The molecule has 0 saturated carbocycles. The Kier molecular flexibility index (Phi) is 5.23. The smallest absolute Gasteiger partial charge is 0.222 e. The van der Waals surface area contributed by atoms with Crippen molar-refractivity contribution in [2.24, 2.45) is 4.99 Å². The zero-order valence-electron chi connectivity index (χ0n) is 16.0. The van der Waals surface area contributed by atoms with Crippen molar-refractivity contribution in [3.05, 3.63) is 64.6 Å². The van der Waals surface area contributed by atoms with Gasteiger partial charge in [-0.25, -0.2) is 0 Å². The third-order valence-corrected chi connectivity index (χ3v) is 5.88. The van der Waals surface area contributed by atoms with E-state index >= 15 is 0 Å². The van der Waals surface area contributed by atoms with Gasteiger partial charge in [0, 0.05) is 17.5 Å². The quantitative estimate of drug-likeness (QED) is 0.805. The first-order valence-corrected chi connectivity index (χ1v) is 9.51. The second-order valence-corrected chi connectivity index (χ2v) is 7.54. The summed E-state index contributed by atoms with van der Waals surface area (Å²) in [5, 5.41) is 12.3. The molecule has 0 bridgehead atoms. The third-order valence-electron chi connectivity index (χ3n) is 4.69. The van der Waals surface area contributed by atoms with Crippen LogP contribution in [-0.2, 0) is 4.79 Å². The van der Waals surface area contributed by atoms with E-state index in [2.05, 4.69) is 42.5 Å². The number of amides is 1. The molecule has 1 atom stereocenters. The number of rotatable bonds is 5. The maximum atomic E-state index is 12.1. The molecule has 27 heavy (non-hydrogen) atoms. The molecule has 0 unspecified atom stereocenters. The van der Waals surface area contributed by atoms with Crippen LogP contribution in [0.15, 0.2) is 42.0 Å². The normalized spacial score (nSPS) is 16.1. The van der Waals surface area contributed by atoms with Crippen molar-refractivity contribution in [1.29, 1.82) is 0 Å². The fourth-order valence-electron chi connectivity index (χ4n) is 3.17. The number of nitrogens with one attached hydrogen (secondary N) is 1. The molecule has 0 fully saturated rings. The summed E-state index contributed by atoms with van der Waals surface area (Å²) in [7, 11) is 1.62. The van der Waals surface area contributed by atoms with Crippen LogP contribution in [0, 0.1) is 20.8 Å². The number of allylic oxidation sites excluding steroid dienone is 4. The Morgan fingerprint density at radius 2 is 2.04 bits per heavy atom. The molecule has 0 aliphatic carbocycles. The van der Waals surface area contributed by atoms with Gasteiger partial charge in [-0.3, -0.25) is 14.4 Å². The molecule has 0 aromatic carbocycles. The molecule has 1 amide bonds. The summed E-state index contributed by atoms with van der Waals surface area (Å²) in [5.41, 5.74) is 3.87. The Balaban J connectivity index is 2.35. The van der Waals surface area contributed by atoms with Gasteiger partial charge < -0.3 is 5.32 Å². The summed E-state index contributed by atoms with van der Waals surface area (Å²) in [4.78, 5) is 18.3. The molecular weight excluding hydrogens is 358 g/mol. The molecule has 6 nitrogen and oxygen atoms in total.